The summed E-state index contributed by atoms with van der Waals surface area (Å²) in [4.78, 5) is 6.20. The van der Waals surface area contributed by atoms with Crippen LogP contribution in [0.15, 0.2) is 4.99 Å². The Morgan fingerprint density at radius 1 is 1.00 bits per heavy atom. The van der Waals surface area contributed by atoms with Crippen molar-refractivity contribution in [2.45, 2.75) is 51.4 Å². The molecule has 4 heteroatoms. The molecule has 0 aromatic carbocycles. The minimum absolute atomic E-state index is 0.182. The zero-order valence-electron chi connectivity index (χ0n) is 11.5. The summed E-state index contributed by atoms with van der Waals surface area (Å²) in [5, 5.41) is 18.5. The first kappa shape index (κ1) is 13.9. The first-order valence-electron chi connectivity index (χ1n) is 7.48. The lowest BCUT2D eigenvalue weighted by Gasteiger charge is -2.34. The smallest absolute Gasteiger partial charge is 0.207 e. The van der Waals surface area contributed by atoms with Gasteiger partial charge in [0.2, 0.25) is 6.19 Å². The van der Waals surface area contributed by atoms with Crippen molar-refractivity contribution in [2.24, 2.45) is 16.8 Å². The van der Waals surface area contributed by atoms with Crippen molar-refractivity contribution in [1.29, 1.82) is 10.5 Å². The fraction of sp³-hybridized carbons (Fsp3) is 0.800. The van der Waals surface area contributed by atoms with Gasteiger partial charge >= 0.3 is 0 Å². The van der Waals surface area contributed by atoms with Crippen LogP contribution in [-0.4, -0.2) is 23.8 Å². The fourth-order valence-corrected chi connectivity index (χ4v) is 3.35. The van der Waals surface area contributed by atoms with Gasteiger partial charge in [0.1, 0.15) is 11.8 Å². The molecule has 2 aliphatic rings. The molecule has 1 unspecified atom stereocenters. The lowest BCUT2D eigenvalue weighted by atomic mass is 9.79. The number of nitrogens with zero attached hydrogens (tertiary/aromatic N) is 4. The Kier molecular flexibility index (Phi) is 5.21. The number of hydrogen-bond acceptors (Lipinski definition) is 3. The summed E-state index contributed by atoms with van der Waals surface area (Å²) in [6, 6.07) is 2.43. The van der Waals surface area contributed by atoms with E-state index in [0.717, 1.165) is 44.6 Å². The van der Waals surface area contributed by atoms with Crippen molar-refractivity contribution in [3.05, 3.63) is 0 Å². The molecule has 1 heterocycles. The molecule has 1 atom stereocenters. The van der Waals surface area contributed by atoms with Crippen LogP contribution >= 0.6 is 0 Å². The lowest BCUT2D eigenvalue weighted by Crippen LogP contribution is -2.42. The second kappa shape index (κ2) is 7.14. The Labute approximate surface area is 115 Å². The van der Waals surface area contributed by atoms with Crippen LogP contribution in [0.3, 0.4) is 0 Å². The topological polar surface area (TPSA) is 63.2 Å². The summed E-state index contributed by atoms with van der Waals surface area (Å²) in [5.74, 6) is 0.961. The Morgan fingerprint density at radius 2 is 1.63 bits per heavy atom. The van der Waals surface area contributed by atoms with Crippen molar-refractivity contribution in [3.63, 3.8) is 0 Å². The van der Waals surface area contributed by atoms with E-state index in [1.807, 2.05) is 6.19 Å². The molecule has 0 N–H and O–H groups in total. The summed E-state index contributed by atoms with van der Waals surface area (Å²) in [7, 11) is 0. The molecule has 1 aliphatic carbocycles. The maximum atomic E-state index is 9.54. The van der Waals surface area contributed by atoms with E-state index in [0.29, 0.717) is 5.92 Å². The molecule has 102 valence electrons. The van der Waals surface area contributed by atoms with Crippen molar-refractivity contribution in [3.8, 4) is 12.3 Å². The highest BCUT2D eigenvalue weighted by Gasteiger charge is 2.31. The van der Waals surface area contributed by atoms with E-state index in [4.69, 9.17) is 5.26 Å². The van der Waals surface area contributed by atoms with Gasteiger partial charge in [-0.1, -0.05) is 19.3 Å². The molecule has 0 amide bonds. The molecule has 0 bridgehead atoms. The average molecular weight is 258 g/mol. The summed E-state index contributed by atoms with van der Waals surface area (Å²) < 4.78 is 0. The zero-order valence-corrected chi connectivity index (χ0v) is 11.5. The third-order valence-electron chi connectivity index (χ3n) is 4.38. The number of nitriles is 2. The van der Waals surface area contributed by atoms with Gasteiger partial charge in [-0.15, -0.1) is 0 Å². The molecular weight excluding hydrogens is 236 g/mol. The van der Waals surface area contributed by atoms with E-state index in [9.17, 15) is 5.26 Å². The summed E-state index contributed by atoms with van der Waals surface area (Å²) in [5.41, 5.74) is 0. The molecule has 2 fully saturated rings. The van der Waals surface area contributed by atoms with E-state index in [1.165, 1.54) is 25.7 Å². The average Bonchev–Trinajstić information content (AvgIpc) is 2.49. The van der Waals surface area contributed by atoms with Crippen LogP contribution in [-0.2, 0) is 0 Å². The van der Waals surface area contributed by atoms with E-state index >= 15 is 0 Å². The predicted molar refractivity (Wildman–Crippen MR) is 74.2 cm³/mol. The van der Waals surface area contributed by atoms with Gasteiger partial charge < -0.3 is 4.90 Å². The van der Waals surface area contributed by atoms with Gasteiger partial charge in [-0.2, -0.15) is 15.5 Å². The van der Waals surface area contributed by atoms with Crippen LogP contribution < -0.4 is 0 Å². The van der Waals surface area contributed by atoms with Gasteiger partial charge in [0.15, 0.2) is 0 Å². The van der Waals surface area contributed by atoms with Gasteiger partial charge in [0.05, 0.1) is 6.07 Å². The monoisotopic (exact) mass is 258 g/mol. The van der Waals surface area contributed by atoms with Gasteiger partial charge in [-0.05, 0) is 38.0 Å². The van der Waals surface area contributed by atoms with Gasteiger partial charge in [0, 0.05) is 13.1 Å². The second-order valence-electron chi connectivity index (χ2n) is 5.62. The van der Waals surface area contributed by atoms with Gasteiger partial charge in [-0.3, -0.25) is 0 Å². The number of piperidine rings is 1. The Hall–Kier alpha value is -1.55. The molecule has 0 aromatic rings. The first-order chi connectivity index (χ1) is 9.36. The second-order valence-corrected chi connectivity index (χ2v) is 5.62. The zero-order chi connectivity index (χ0) is 13.5. The third kappa shape index (κ3) is 3.47. The van der Waals surface area contributed by atoms with Crippen molar-refractivity contribution < 1.29 is 0 Å². The van der Waals surface area contributed by atoms with Gasteiger partial charge in [-0.25, -0.2) is 0 Å². The number of rotatable bonds is 2. The quantitative estimate of drug-likeness (QED) is 0.434. The Bertz CT molecular complexity index is 389. The van der Waals surface area contributed by atoms with Crippen molar-refractivity contribution >= 4 is 5.84 Å². The van der Waals surface area contributed by atoms with Crippen LogP contribution in [0.25, 0.3) is 0 Å². The van der Waals surface area contributed by atoms with E-state index in [2.05, 4.69) is 16.0 Å². The molecule has 0 spiro atoms. The molecule has 1 aliphatic heterocycles. The maximum absolute atomic E-state index is 9.54. The van der Waals surface area contributed by atoms with E-state index in [1.54, 1.807) is 0 Å². The van der Waals surface area contributed by atoms with Crippen LogP contribution in [0.2, 0.25) is 0 Å². The molecule has 0 radical (unpaired) electrons. The summed E-state index contributed by atoms with van der Waals surface area (Å²) in [6.07, 6.45) is 11.4. The highest BCUT2D eigenvalue weighted by atomic mass is 15.2. The Morgan fingerprint density at radius 3 is 2.21 bits per heavy atom. The van der Waals surface area contributed by atoms with Crippen LogP contribution in [0.5, 0.6) is 0 Å². The van der Waals surface area contributed by atoms with Crippen molar-refractivity contribution in [2.75, 3.05) is 13.1 Å². The van der Waals surface area contributed by atoms with Crippen LogP contribution in [0.4, 0.5) is 0 Å². The Balaban J connectivity index is 2.13. The van der Waals surface area contributed by atoms with E-state index in [-0.39, 0.29) is 5.92 Å². The molecule has 1 saturated heterocycles. The normalized spacial score (nSPS) is 23.5. The molecule has 4 nitrogen and oxygen atoms in total. The molecule has 2 rings (SSSR count). The van der Waals surface area contributed by atoms with Gasteiger partial charge in [0.25, 0.3) is 0 Å². The number of hydrogen-bond donors (Lipinski definition) is 0. The van der Waals surface area contributed by atoms with E-state index < -0.39 is 0 Å². The lowest BCUT2D eigenvalue weighted by molar-refractivity contribution is 0.288. The highest BCUT2D eigenvalue weighted by molar-refractivity contribution is 5.88. The number of amidine groups is 1. The fourth-order valence-electron chi connectivity index (χ4n) is 3.35. The summed E-state index contributed by atoms with van der Waals surface area (Å²) in [6.45, 7) is 1.90. The van der Waals surface area contributed by atoms with Crippen LogP contribution in [0.1, 0.15) is 51.4 Å². The standard InChI is InChI=1S/C15H22N4/c16-11-14(13-7-3-1-4-8-13)15(18-12-17)19-9-5-2-6-10-19/h13-14H,1-10H2/b18-15-. The maximum Gasteiger partial charge on any atom is 0.207 e. The van der Waals surface area contributed by atoms with Crippen LogP contribution in [0, 0.1) is 34.6 Å². The predicted octanol–water partition coefficient (Wildman–Crippen LogP) is 3.07. The third-order valence-corrected chi connectivity index (χ3v) is 4.38. The summed E-state index contributed by atoms with van der Waals surface area (Å²) >= 11 is 0. The SMILES string of the molecule is N#C/N=C(/C(C#N)C1CCCCC1)N1CCCCC1. The molecular formula is C15H22N4. The number of likely N-dealkylation sites (tertiary alicyclic amines) is 1. The first-order valence-corrected chi connectivity index (χ1v) is 7.48. The molecule has 1 saturated carbocycles. The molecule has 19 heavy (non-hydrogen) atoms. The van der Waals surface area contributed by atoms with Crippen molar-refractivity contribution in [1.82, 2.24) is 4.90 Å². The number of aliphatic imine (C=N–C) groups is 1. The highest BCUT2D eigenvalue weighted by Crippen LogP contribution is 2.31. The molecule has 0 aromatic heterocycles. The minimum Gasteiger partial charge on any atom is -0.358 e. The minimum atomic E-state index is -0.182. The largest absolute Gasteiger partial charge is 0.358 e.